The molecule has 15 heteroatoms. The van der Waals surface area contributed by atoms with Crippen molar-refractivity contribution >= 4 is 35.1 Å². The Kier molecular flexibility index (Phi) is 16.4. The number of hydrogen-bond acceptors (Lipinski definition) is 11. The first-order valence-corrected chi connectivity index (χ1v) is 13.5. The number of halogens is 3. The normalized spacial score (nSPS) is 11.2. The van der Waals surface area contributed by atoms with Gasteiger partial charge in [0.05, 0.1) is 76.1 Å². The van der Waals surface area contributed by atoms with E-state index in [1.807, 2.05) is 0 Å². The van der Waals surface area contributed by atoms with Gasteiger partial charge < -0.3 is 38.8 Å². The highest BCUT2D eigenvalue weighted by Gasteiger charge is 2.30. The Bertz CT molecular complexity index is 1210. The number of carboxylic acids is 1. The van der Waals surface area contributed by atoms with Crippen molar-refractivity contribution in [2.45, 2.75) is 19.0 Å². The van der Waals surface area contributed by atoms with Gasteiger partial charge in [-0.1, -0.05) is 18.2 Å². The summed E-state index contributed by atoms with van der Waals surface area (Å²) in [4.78, 5) is 45.1. The van der Waals surface area contributed by atoms with E-state index in [-0.39, 0.29) is 70.5 Å². The maximum atomic E-state index is 13.0. The molecule has 0 saturated heterocycles. The third-order valence-electron chi connectivity index (χ3n) is 5.48. The molecule has 0 radical (unpaired) electrons. The van der Waals surface area contributed by atoms with Gasteiger partial charge in [-0.15, -0.1) is 0 Å². The van der Waals surface area contributed by atoms with Crippen molar-refractivity contribution < 1.29 is 65.9 Å². The van der Waals surface area contributed by atoms with Crippen molar-refractivity contribution in [3.8, 4) is 0 Å². The number of rotatable bonds is 22. The number of hydrogen-bond donors (Lipinski definition) is 2. The summed E-state index contributed by atoms with van der Waals surface area (Å²) in [6.45, 7) is 1.84. The summed E-state index contributed by atoms with van der Waals surface area (Å²) >= 11 is 0. The average Bonchev–Trinajstić information content (AvgIpc) is 2.99. The lowest BCUT2D eigenvalue weighted by Gasteiger charge is -2.13. The number of carboxylic acid groups (broad SMARTS) is 1. The van der Waals surface area contributed by atoms with E-state index in [4.69, 9.17) is 33.5 Å². The zero-order valence-corrected chi connectivity index (χ0v) is 23.8. The van der Waals surface area contributed by atoms with Crippen LogP contribution in [-0.4, -0.2) is 94.9 Å². The zero-order valence-electron chi connectivity index (χ0n) is 23.8. The van der Waals surface area contributed by atoms with Crippen molar-refractivity contribution in [2.75, 3.05) is 71.4 Å². The Morgan fingerprint density at radius 3 is 1.80 bits per heavy atom. The zero-order chi connectivity index (χ0) is 32.2. The van der Waals surface area contributed by atoms with E-state index in [2.05, 4.69) is 5.32 Å². The molecule has 2 N–H and O–H groups in total. The molecule has 0 aliphatic rings. The van der Waals surface area contributed by atoms with E-state index >= 15 is 0 Å². The largest absolute Gasteiger partial charge is 0.476 e. The first-order chi connectivity index (χ1) is 21.1. The maximum absolute atomic E-state index is 13.0. The van der Waals surface area contributed by atoms with Gasteiger partial charge in [0.2, 0.25) is 5.78 Å². The SMILES string of the molecule is O=C(CCC(=O)C(=O)O)OCCOCCOCCOCCOCCOC(=O)c1ccccc1Nc1cccc(C(F)(F)F)c1. The molecule has 0 aliphatic carbocycles. The van der Waals surface area contributed by atoms with Gasteiger partial charge in [0.15, 0.2) is 0 Å². The Balaban J connectivity index is 1.47. The minimum absolute atomic E-state index is 0.0315. The minimum Gasteiger partial charge on any atom is -0.476 e. The molecule has 2 aromatic carbocycles. The van der Waals surface area contributed by atoms with E-state index in [0.29, 0.717) is 18.9 Å². The molecular formula is C29H34F3NO11. The van der Waals surface area contributed by atoms with Gasteiger partial charge in [0, 0.05) is 12.1 Å². The number of alkyl halides is 3. The number of ether oxygens (including phenoxy) is 6. The van der Waals surface area contributed by atoms with Gasteiger partial charge in [-0.05, 0) is 30.3 Å². The number of ketones is 1. The Labute approximate surface area is 251 Å². The molecule has 0 saturated carbocycles. The van der Waals surface area contributed by atoms with Crippen LogP contribution >= 0.6 is 0 Å². The molecule has 242 valence electrons. The van der Waals surface area contributed by atoms with Crippen LogP contribution in [0.3, 0.4) is 0 Å². The lowest BCUT2D eigenvalue weighted by atomic mass is 10.1. The first-order valence-electron chi connectivity index (χ1n) is 13.5. The molecule has 0 aliphatic heterocycles. The van der Waals surface area contributed by atoms with Gasteiger partial charge in [0.1, 0.15) is 13.2 Å². The van der Waals surface area contributed by atoms with Crippen LogP contribution < -0.4 is 5.32 Å². The van der Waals surface area contributed by atoms with Crippen molar-refractivity contribution in [1.29, 1.82) is 0 Å². The van der Waals surface area contributed by atoms with Crippen molar-refractivity contribution in [3.05, 3.63) is 59.7 Å². The highest BCUT2D eigenvalue weighted by Crippen LogP contribution is 2.32. The molecule has 2 aromatic rings. The number of esters is 2. The van der Waals surface area contributed by atoms with Gasteiger partial charge in [-0.25, -0.2) is 9.59 Å². The second kappa shape index (κ2) is 20.0. The molecule has 0 aromatic heterocycles. The Morgan fingerprint density at radius 2 is 1.23 bits per heavy atom. The van der Waals surface area contributed by atoms with E-state index < -0.39 is 41.9 Å². The van der Waals surface area contributed by atoms with Gasteiger partial charge in [-0.3, -0.25) is 9.59 Å². The highest BCUT2D eigenvalue weighted by molar-refractivity contribution is 6.32. The predicted octanol–water partition coefficient (Wildman–Crippen LogP) is 3.65. The van der Waals surface area contributed by atoms with Crippen molar-refractivity contribution in [2.24, 2.45) is 0 Å². The van der Waals surface area contributed by atoms with Crippen LogP contribution in [0.2, 0.25) is 0 Å². The molecule has 0 fully saturated rings. The number of para-hydroxylation sites is 1. The molecular weight excluding hydrogens is 595 g/mol. The fourth-order valence-electron chi connectivity index (χ4n) is 3.34. The van der Waals surface area contributed by atoms with E-state index in [9.17, 15) is 32.3 Å². The number of anilines is 2. The summed E-state index contributed by atoms with van der Waals surface area (Å²) in [5.74, 6) is -3.99. The fourth-order valence-corrected chi connectivity index (χ4v) is 3.34. The predicted molar refractivity (Wildman–Crippen MR) is 148 cm³/mol. The summed E-state index contributed by atoms with van der Waals surface area (Å²) in [6.07, 6.45) is -5.22. The Morgan fingerprint density at radius 1 is 0.682 bits per heavy atom. The summed E-state index contributed by atoms with van der Waals surface area (Å²) < 4.78 is 70.3. The van der Waals surface area contributed by atoms with Crippen LogP contribution in [0.5, 0.6) is 0 Å². The van der Waals surface area contributed by atoms with Crippen LogP contribution in [-0.2, 0) is 49.0 Å². The van der Waals surface area contributed by atoms with Gasteiger partial charge in [0.25, 0.3) is 0 Å². The molecule has 0 amide bonds. The standard InChI is InChI=1S/C29H34F3NO11/c30-29(31,32)21-4-3-5-22(20-21)33-24-7-2-1-6-23(24)28(38)44-19-17-42-15-13-40-11-10-39-12-14-41-16-18-43-26(35)9-8-25(34)27(36)37/h1-7,20,33H,8-19H2,(H,36,37). The topological polar surface area (TPSA) is 156 Å². The average molecular weight is 630 g/mol. The van der Waals surface area contributed by atoms with E-state index in [0.717, 1.165) is 12.1 Å². The second-order valence-electron chi connectivity index (χ2n) is 8.78. The van der Waals surface area contributed by atoms with Crippen LogP contribution in [0.1, 0.15) is 28.8 Å². The molecule has 0 spiro atoms. The van der Waals surface area contributed by atoms with Crippen LogP contribution in [0.25, 0.3) is 0 Å². The monoisotopic (exact) mass is 629 g/mol. The first kappa shape index (κ1) is 36.1. The lowest BCUT2D eigenvalue weighted by molar-refractivity contribution is -0.151. The summed E-state index contributed by atoms with van der Waals surface area (Å²) in [5.41, 5.74) is -0.184. The maximum Gasteiger partial charge on any atom is 0.416 e. The Hall–Kier alpha value is -4.05. The molecule has 0 bridgehead atoms. The van der Waals surface area contributed by atoms with E-state index in [1.54, 1.807) is 18.2 Å². The number of Topliss-reactive ketones (excluding diaryl/α,β-unsaturated/α-hetero) is 1. The quantitative estimate of drug-likeness (QED) is 0.111. The summed E-state index contributed by atoms with van der Waals surface area (Å²) in [5, 5.41) is 11.3. The molecule has 0 unspecified atom stereocenters. The second-order valence-corrected chi connectivity index (χ2v) is 8.78. The molecule has 44 heavy (non-hydrogen) atoms. The van der Waals surface area contributed by atoms with Crippen LogP contribution in [0.4, 0.5) is 24.5 Å². The smallest absolute Gasteiger partial charge is 0.416 e. The number of carbonyl (C=O) groups excluding carboxylic acids is 3. The van der Waals surface area contributed by atoms with Crippen molar-refractivity contribution in [1.82, 2.24) is 0 Å². The number of aliphatic carboxylic acids is 1. The molecule has 2 rings (SSSR count). The molecule has 12 nitrogen and oxygen atoms in total. The van der Waals surface area contributed by atoms with E-state index in [1.165, 1.54) is 18.2 Å². The lowest BCUT2D eigenvalue weighted by Crippen LogP contribution is -2.17. The molecule has 0 atom stereocenters. The summed E-state index contributed by atoms with van der Waals surface area (Å²) in [7, 11) is 0. The summed E-state index contributed by atoms with van der Waals surface area (Å²) in [6, 6.07) is 10.9. The number of benzene rings is 2. The van der Waals surface area contributed by atoms with Gasteiger partial charge >= 0.3 is 24.1 Å². The highest BCUT2D eigenvalue weighted by atomic mass is 19.4. The van der Waals surface area contributed by atoms with Crippen LogP contribution in [0, 0.1) is 0 Å². The third kappa shape index (κ3) is 14.9. The fraction of sp³-hybridized carbons (Fsp3) is 0.448. The minimum atomic E-state index is -4.49. The van der Waals surface area contributed by atoms with Crippen LogP contribution in [0.15, 0.2) is 48.5 Å². The van der Waals surface area contributed by atoms with Crippen molar-refractivity contribution in [3.63, 3.8) is 0 Å². The van der Waals surface area contributed by atoms with Gasteiger partial charge in [-0.2, -0.15) is 13.2 Å². The number of nitrogens with one attached hydrogen (secondary N) is 1. The number of carbonyl (C=O) groups is 4. The third-order valence-corrected chi connectivity index (χ3v) is 5.48. The molecule has 0 heterocycles.